The summed E-state index contributed by atoms with van der Waals surface area (Å²) in [6, 6.07) is 1.07. The zero-order valence-corrected chi connectivity index (χ0v) is 14.6. The zero-order chi connectivity index (χ0) is 16.3. The number of nitrogens with one attached hydrogen (secondary N) is 2. The van der Waals surface area contributed by atoms with Gasteiger partial charge in [-0.1, -0.05) is 13.8 Å². The Bertz CT molecular complexity index is 683. The molecular weight excluding hydrogens is 340 g/mol. The second-order valence-electron chi connectivity index (χ2n) is 5.09. The Morgan fingerprint density at radius 3 is 2.74 bits per heavy atom. The summed E-state index contributed by atoms with van der Waals surface area (Å²) in [5.74, 6) is -0.662. The lowest BCUT2D eigenvalue weighted by molar-refractivity contribution is -0.118. The molecule has 0 aliphatic carbocycles. The number of carbonyl (C=O) groups is 2. The van der Waals surface area contributed by atoms with Crippen LogP contribution in [0.25, 0.3) is 11.3 Å². The van der Waals surface area contributed by atoms with Crippen LogP contribution in [0.5, 0.6) is 0 Å². The number of H-pyrrole nitrogens is 1. The molecule has 0 spiro atoms. The number of rotatable bonds is 5. The number of nitrogens with two attached hydrogens (primary N) is 1. The van der Waals surface area contributed by atoms with Crippen molar-refractivity contribution in [3.63, 3.8) is 0 Å². The van der Waals surface area contributed by atoms with Gasteiger partial charge in [0.25, 0.3) is 0 Å². The van der Waals surface area contributed by atoms with Crippen molar-refractivity contribution < 1.29 is 14.3 Å². The molecule has 7 nitrogen and oxygen atoms in total. The first-order valence-electron chi connectivity index (χ1n) is 6.71. The van der Waals surface area contributed by atoms with Crippen molar-refractivity contribution >= 4 is 40.8 Å². The average Bonchev–Trinajstić information content (AvgIpc) is 3.14. The molecule has 9 heteroatoms. The van der Waals surface area contributed by atoms with E-state index in [0.29, 0.717) is 16.5 Å². The molecule has 2 aromatic rings. The van der Waals surface area contributed by atoms with Crippen LogP contribution in [0.1, 0.15) is 24.3 Å². The molecular formula is C14H19ClN4O3S. The number of anilines is 1. The first kappa shape index (κ1) is 19.1. The number of aromatic amines is 1. The molecule has 0 aliphatic rings. The second kappa shape index (κ2) is 8.09. The Balaban J connectivity index is 0.00000264. The fourth-order valence-corrected chi connectivity index (χ4v) is 2.45. The Labute approximate surface area is 144 Å². The topological polar surface area (TPSA) is 110 Å². The molecule has 2 rings (SSSR count). The van der Waals surface area contributed by atoms with Gasteiger partial charge in [-0.15, -0.1) is 23.7 Å². The molecule has 1 atom stereocenters. The van der Waals surface area contributed by atoms with E-state index in [-0.39, 0.29) is 24.2 Å². The smallest absolute Gasteiger partial charge is 0.354 e. The number of methoxy groups -OCH3 is 1. The van der Waals surface area contributed by atoms with Gasteiger partial charge in [-0.2, -0.15) is 0 Å². The van der Waals surface area contributed by atoms with Crippen LogP contribution in [0, 0.1) is 5.92 Å². The SMILES string of the molecule is COC(=O)c1cc(-c2csc(NC(=O)[C@@H](N)C(C)C)n2)c[nH]1.Cl. The maximum Gasteiger partial charge on any atom is 0.354 e. The van der Waals surface area contributed by atoms with Gasteiger partial charge in [0.05, 0.1) is 18.8 Å². The second-order valence-corrected chi connectivity index (χ2v) is 5.95. The highest BCUT2D eigenvalue weighted by molar-refractivity contribution is 7.14. The lowest BCUT2D eigenvalue weighted by Crippen LogP contribution is -2.39. The van der Waals surface area contributed by atoms with Gasteiger partial charge in [0, 0.05) is 17.1 Å². The minimum absolute atomic E-state index is 0. The molecule has 1 amide bonds. The zero-order valence-electron chi connectivity index (χ0n) is 13.0. The molecule has 0 unspecified atom stereocenters. The van der Waals surface area contributed by atoms with E-state index < -0.39 is 12.0 Å². The number of amides is 1. The molecule has 0 aliphatic heterocycles. The average molecular weight is 359 g/mol. The van der Waals surface area contributed by atoms with E-state index in [1.165, 1.54) is 18.4 Å². The van der Waals surface area contributed by atoms with Gasteiger partial charge in [0.1, 0.15) is 5.69 Å². The van der Waals surface area contributed by atoms with Crippen LogP contribution in [0.3, 0.4) is 0 Å². The molecule has 0 bridgehead atoms. The van der Waals surface area contributed by atoms with Gasteiger partial charge in [-0.3, -0.25) is 4.79 Å². The fraction of sp³-hybridized carbons (Fsp3) is 0.357. The first-order valence-corrected chi connectivity index (χ1v) is 7.59. The van der Waals surface area contributed by atoms with E-state index in [9.17, 15) is 9.59 Å². The van der Waals surface area contributed by atoms with Gasteiger partial charge >= 0.3 is 5.97 Å². The Kier molecular flexibility index (Phi) is 6.74. The summed E-state index contributed by atoms with van der Waals surface area (Å²) in [6.07, 6.45) is 1.66. The normalized spacial score (nSPS) is 11.7. The molecule has 23 heavy (non-hydrogen) atoms. The monoisotopic (exact) mass is 358 g/mol. The Hall–Kier alpha value is -1.90. The molecule has 2 heterocycles. The standard InChI is InChI=1S/C14H18N4O3S.ClH/c1-7(2)11(15)12(19)18-14-17-10(6-22-14)8-4-9(16-5-8)13(20)21-3;/h4-7,11,16H,15H2,1-3H3,(H,17,18,19);1H/t11-;/m0./s1. The molecule has 0 saturated carbocycles. The highest BCUT2D eigenvalue weighted by Gasteiger charge is 2.19. The number of halogens is 1. The van der Waals surface area contributed by atoms with E-state index in [4.69, 9.17) is 5.73 Å². The van der Waals surface area contributed by atoms with Crippen molar-refractivity contribution in [1.29, 1.82) is 0 Å². The third-order valence-electron chi connectivity index (χ3n) is 3.14. The number of hydrogen-bond acceptors (Lipinski definition) is 6. The summed E-state index contributed by atoms with van der Waals surface area (Å²) in [6.45, 7) is 3.76. The van der Waals surface area contributed by atoms with Gasteiger partial charge in [0.2, 0.25) is 5.91 Å². The summed E-state index contributed by atoms with van der Waals surface area (Å²) in [4.78, 5) is 30.4. The summed E-state index contributed by atoms with van der Waals surface area (Å²) < 4.78 is 4.63. The molecule has 0 saturated heterocycles. The van der Waals surface area contributed by atoms with Crippen molar-refractivity contribution in [2.75, 3.05) is 12.4 Å². The van der Waals surface area contributed by atoms with Crippen molar-refractivity contribution in [2.45, 2.75) is 19.9 Å². The highest BCUT2D eigenvalue weighted by Crippen LogP contribution is 2.25. The van der Waals surface area contributed by atoms with Gasteiger partial charge in [0.15, 0.2) is 5.13 Å². The molecule has 0 radical (unpaired) electrons. The molecule has 0 aromatic carbocycles. The summed E-state index contributed by atoms with van der Waals surface area (Å²) in [7, 11) is 1.32. The van der Waals surface area contributed by atoms with Crippen LogP contribution < -0.4 is 11.1 Å². The predicted molar refractivity (Wildman–Crippen MR) is 91.9 cm³/mol. The number of hydrogen-bond donors (Lipinski definition) is 3. The number of carbonyl (C=O) groups excluding carboxylic acids is 2. The predicted octanol–water partition coefficient (Wildman–Crippen LogP) is 2.27. The van der Waals surface area contributed by atoms with Crippen molar-refractivity contribution in [2.24, 2.45) is 11.7 Å². The minimum atomic E-state index is -0.578. The number of thiazole rings is 1. The van der Waals surface area contributed by atoms with Crippen molar-refractivity contribution in [3.05, 3.63) is 23.3 Å². The summed E-state index contributed by atoms with van der Waals surface area (Å²) in [5, 5.41) is 4.96. The van der Waals surface area contributed by atoms with E-state index in [1.807, 2.05) is 13.8 Å². The van der Waals surface area contributed by atoms with Crippen molar-refractivity contribution in [3.8, 4) is 11.3 Å². The van der Waals surface area contributed by atoms with Crippen LogP contribution >= 0.6 is 23.7 Å². The lowest BCUT2D eigenvalue weighted by Gasteiger charge is -2.13. The third kappa shape index (κ3) is 4.54. The number of esters is 1. The maximum absolute atomic E-state index is 11.9. The minimum Gasteiger partial charge on any atom is -0.464 e. The van der Waals surface area contributed by atoms with Crippen LogP contribution in [-0.4, -0.2) is 35.0 Å². The van der Waals surface area contributed by atoms with Crippen LogP contribution in [-0.2, 0) is 9.53 Å². The van der Waals surface area contributed by atoms with E-state index in [0.717, 1.165) is 5.56 Å². The third-order valence-corrected chi connectivity index (χ3v) is 3.90. The van der Waals surface area contributed by atoms with Gasteiger partial charge < -0.3 is 20.8 Å². The number of nitrogens with zero attached hydrogens (tertiary/aromatic N) is 1. The fourth-order valence-electron chi connectivity index (χ4n) is 1.73. The number of ether oxygens (including phenoxy) is 1. The molecule has 0 fully saturated rings. The Morgan fingerprint density at radius 2 is 2.13 bits per heavy atom. The number of aromatic nitrogens is 2. The highest BCUT2D eigenvalue weighted by atomic mass is 35.5. The molecule has 2 aromatic heterocycles. The van der Waals surface area contributed by atoms with Crippen LogP contribution in [0.15, 0.2) is 17.6 Å². The van der Waals surface area contributed by atoms with E-state index >= 15 is 0 Å². The van der Waals surface area contributed by atoms with Crippen LogP contribution in [0.4, 0.5) is 5.13 Å². The summed E-state index contributed by atoms with van der Waals surface area (Å²) >= 11 is 1.30. The van der Waals surface area contributed by atoms with Crippen molar-refractivity contribution in [1.82, 2.24) is 9.97 Å². The first-order chi connectivity index (χ1) is 10.4. The van der Waals surface area contributed by atoms with E-state index in [1.54, 1.807) is 17.6 Å². The molecule has 126 valence electrons. The quantitative estimate of drug-likeness (QED) is 0.710. The van der Waals surface area contributed by atoms with Gasteiger partial charge in [-0.25, -0.2) is 9.78 Å². The molecule has 4 N–H and O–H groups in total. The van der Waals surface area contributed by atoms with E-state index in [2.05, 4.69) is 20.0 Å². The summed E-state index contributed by atoms with van der Waals surface area (Å²) in [5.41, 5.74) is 7.53. The maximum atomic E-state index is 11.9. The van der Waals surface area contributed by atoms with Crippen LogP contribution in [0.2, 0.25) is 0 Å². The Morgan fingerprint density at radius 1 is 1.43 bits per heavy atom. The van der Waals surface area contributed by atoms with Gasteiger partial charge in [-0.05, 0) is 12.0 Å². The lowest BCUT2D eigenvalue weighted by atomic mass is 10.1. The largest absolute Gasteiger partial charge is 0.464 e.